The molecule has 1 aliphatic rings. The van der Waals surface area contributed by atoms with Crippen LogP contribution in [0.25, 0.3) is 0 Å². The van der Waals surface area contributed by atoms with E-state index in [9.17, 15) is 5.11 Å². The molecule has 1 fully saturated rings. The number of nitrogens with one attached hydrogen (secondary N) is 1. The van der Waals surface area contributed by atoms with E-state index >= 15 is 0 Å². The Morgan fingerprint density at radius 2 is 1.84 bits per heavy atom. The van der Waals surface area contributed by atoms with E-state index in [0.717, 1.165) is 18.7 Å². The zero-order chi connectivity index (χ0) is 13.5. The summed E-state index contributed by atoms with van der Waals surface area (Å²) in [4.78, 5) is 2.51. The van der Waals surface area contributed by atoms with Crippen LogP contribution in [0.1, 0.15) is 37.9 Å². The maximum absolute atomic E-state index is 10.2. The molecule has 19 heavy (non-hydrogen) atoms. The Morgan fingerprint density at radius 1 is 1.16 bits per heavy atom. The number of benzene rings is 1. The molecule has 0 aliphatic carbocycles. The minimum Gasteiger partial charge on any atom is -0.387 e. The first-order valence-corrected chi connectivity index (χ1v) is 7.46. The van der Waals surface area contributed by atoms with Gasteiger partial charge in [-0.3, -0.25) is 0 Å². The van der Waals surface area contributed by atoms with Gasteiger partial charge in [-0.15, -0.1) is 0 Å². The minimum absolute atomic E-state index is 0.0900. The van der Waals surface area contributed by atoms with Crippen LogP contribution in [0.3, 0.4) is 0 Å². The van der Waals surface area contributed by atoms with Gasteiger partial charge >= 0.3 is 0 Å². The summed E-state index contributed by atoms with van der Waals surface area (Å²) in [6.07, 6.45) is 3.62. The third kappa shape index (κ3) is 4.60. The summed E-state index contributed by atoms with van der Waals surface area (Å²) in [7, 11) is 0. The maximum atomic E-state index is 10.2. The highest BCUT2D eigenvalue weighted by molar-refractivity contribution is 5.18. The van der Waals surface area contributed by atoms with Crippen molar-refractivity contribution in [3.8, 4) is 0 Å². The molecule has 0 spiro atoms. The SMILES string of the molecule is CC(NCCN1CCCCC1)C(O)c1ccccc1. The van der Waals surface area contributed by atoms with E-state index < -0.39 is 6.10 Å². The Morgan fingerprint density at radius 3 is 2.53 bits per heavy atom. The first-order valence-electron chi connectivity index (χ1n) is 7.46. The van der Waals surface area contributed by atoms with Crippen LogP contribution in [0.4, 0.5) is 0 Å². The molecular formula is C16H26N2O. The van der Waals surface area contributed by atoms with Crippen LogP contribution in [0.5, 0.6) is 0 Å². The van der Waals surface area contributed by atoms with Gasteiger partial charge in [0.15, 0.2) is 0 Å². The fourth-order valence-electron chi connectivity index (χ4n) is 2.68. The van der Waals surface area contributed by atoms with Crippen molar-refractivity contribution in [2.45, 2.75) is 38.3 Å². The molecule has 0 amide bonds. The second-order valence-corrected chi connectivity index (χ2v) is 5.50. The van der Waals surface area contributed by atoms with E-state index in [4.69, 9.17) is 0 Å². The van der Waals surface area contributed by atoms with Gasteiger partial charge in [0.1, 0.15) is 0 Å². The fourth-order valence-corrected chi connectivity index (χ4v) is 2.68. The molecular weight excluding hydrogens is 236 g/mol. The minimum atomic E-state index is -0.428. The normalized spacial score (nSPS) is 20.1. The Kier molecular flexibility index (Phi) is 5.83. The predicted octanol–water partition coefficient (Wildman–Crippen LogP) is 2.18. The van der Waals surface area contributed by atoms with Crippen molar-refractivity contribution in [1.82, 2.24) is 10.2 Å². The second-order valence-electron chi connectivity index (χ2n) is 5.50. The largest absolute Gasteiger partial charge is 0.387 e. The van der Waals surface area contributed by atoms with Gasteiger partial charge < -0.3 is 15.3 Å². The molecule has 1 heterocycles. The highest BCUT2D eigenvalue weighted by Gasteiger charge is 2.16. The summed E-state index contributed by atoms with van der Waals surface area (Å²) in [5.41, 5.74) is 0.987. The smallest absolute Gasteiger partial charge is 0.0940 e. The lowest BCUT2D eigenvalue weighted by Crippen LogP contribution is -2.40. The molecule has 2 rings (SSSR count). The summed E-state index contributed by atoms with van der Waals surface area (Å²) in [5, 5.41) is 13.7. The Hall–Kier alpha value is -0.900. The molecule has 0 radical (unpaired) electrons. The molecule has 1 aliphatic heterocycles. The quantitative estimate of drug-likeness (QED) is 0.825. The van der Waals surface area contributed by atoms with E-state index in [1.54, 1.807) is 0 Å². The summed E-state index contributed by atoms with van der Waals surface area (Å²) in [6.45, 7) is 6.55. The van der Waals surface area contributed by atoms with Crippen LogP contribution in [-0.4, -0.2) is 42.2 Å². The molecule has 0 bridgehead atoms. The number of aliphatic hydroxyl groups is 1. The van der Waals surface area contributed by atoms with Crippen molar-refractivity contribution in [2.75, 3.05) is 26.2 Å². The Labute approximate surface area is 116 Å². The number of rotatable bonds is 6. The van der Waals surface area contributed by atoms with Crippen LogP contribution >= 0.6 is 0 Å². The highest BCUT2D eigenvalue weighted by atomic mass is 16.3. The number of likely N-dealkylation sites (tertiary alicyclic amines) is 1. The maximum Gasteiger partial charge on any atom is 0.0940 e. The number of hydrogen-bond donors (Lipinski definition) is 2. The van der Waals surface area contributed by atoms with Crippen LogP contribution in [0, 0.1) is 0 Å². The van der Waals surface area contributed by atoms with Crippen molar-refractivity contribution in [3.63, 3.8) is 0 Å². The molecule has 1 aromatic rings. The molecule has 1 saturated heterocycles. The van der Waals surface area contributed by atoms with Crippen molar-refractivity contribution >= 4 is 0 Å². The van der Waals surface area contributed by atoms with Crippen molar-refractivity contribution in [3.05, 3.63) is 35.9 Å². The third-order valence-electron chi connectivity index (χ3n) is 3.96. The summed E-state index contributed by atoms with van der Waals surface area (Å²) < 4.78 is 0. The van der Waals surface area contributed by atoms with Crippen LogP contribution in [-0.2, 0) is 0 Å². The van der Waals surface area contributed by atoms with Gasteiger partial charge in [-0.2, -0.15) is 0 Å². The number of hydrogen-bond acceptors (Lipinski definition) is 3. The van der Waals surface area contributed by atoms with Gasteiger partial charge in [0, 0.05) is 19.1 Å². The number of nitrogens with zero attached hydrogens (tertiary/aromatic N) is 1. The zero-order valence-corrected chi connectivity index (χ0v) is 11.9. The molecule has 2 atom stereocenters. The van der Waals surface area contributed by atoms with E-state index in [-0.39, 0.29) is 6.04 Å². The van der Waals surface area contributed by atoms with Gasteiger partial charge in [-0.05, 0) is 38.4 Å². The average Bonchev–Trinajstić information content (AvgIpc) is 2.48. The van der Waals surface area contributed by atoms with Gasteiger partial charge in [-0.1, -0.05) is 36.8 Å². The van der Waals surface area contributed by atoms with Gasteiger partial charge in [0.2, 0.25) is 0 Å². The zero-order valence-electron chi connectivity index (χ0n) is 11.9. The molecule has 3 nitrogen and oxygen atoms in total. The molecule has 1 aromatic carbocycles. The number of aliphatic hydroxyl groups excluding tert-OH is 1. The molecule has 2 N–H and O–H groups in total. The first kappa shape index (κ1) is 14.5. The summed E-state index contributed by atoms with van der Waals surface area (Å²) in [6, 6.07) is 9.97. The van der Waals surface area contributed by atoms with E-state index in [0.29, 0.717) is 0 Å². The van der Waals surface area contributed by atoms with Gasteiger partial charge in [0.05, 0.1) is 6.10 Å². The van der Waals surface area contributed by atoms with Crippen LogP contribution in [0.2, 0.25) is 0 Å². The molecule has 3 heteroatoms. The average molecular weight is 262 g/mol. The standard InChI is InChI=1S/C16H26N2O/c1-14(16(19)15-8-4-2-5-9-15)17-10-13-18-11-6-3-7-12-18/h2,4-5,8-9,14,16-17,19H,3,6-7,10-13H2,1H3. The monoisotopic (exact) mass is 262 g/mol. The van der Waals surface area contributed by atoms with Gasteiger partial charge in [-0.25, -0.2) is 0 Å². The lowest BCUT2D eigenvalue weighted by molar-refractivity contribution is 0.132. The summed E-state index contributed by atoms with van der Waals surface area (Å²) >= 11 is 0. The molecule has 0 aromatic heterocycles. The number of piperidine rings is 1. The molecule has 2 unspecified atom stereocenters. The lowest BCUT2D eigenvalue weighted by Gasteiger charge is -2.28. The Balaban J connectivity index is 1.70. The van der Waals surface area contributed by atoms with Crippen molar-refractivity contribution < 1.29 is 5.11 Å². The Bertz CT molecular complexity index is 349. The van der Waals surface area contributed by atoms with Gasteiger partial charge in [0.25, 0.3) is 0 Å². The third-order valence-corrected chi connectivity index (χ3v) is 3.96. The van der Waals surface area contributed by atoms with Crippen LogP contribution in [0.15, 0.2) is 30.3 Å². The second kappa shape index (κ2) is 7.63. The topological polar surface area (TPSA) is 35.5 Å². The van der Waals surface area contributed by atoms with Crippen LogP contribution < -0.4 is 5.32 Å². The molecule has 0 saturated carbocycles. The molecule has 106 valence electrons. The van der Waals surface area contributed by atoms with E-state index in [1.165, 1.54) is 32.4 Å². The van der Waals surface area contributed by atoms with Crippen molar-refractivity contribution in [1.29, 1.82) is 0 Å². The summed E-state index contributed by atoms with van der Waals surface area (Å²) in [5.74, 6) is 0. The van der Waals surface area contributed by atoms with Crippen molar-refractivity contribution in [2.24, 2.45) is 0 Å². The fraction of sp³-hybridized carbons (Fsp3) is 0.625. The van der Waals surface area contributed by atoms with E-state index in [1.807, 2.05) is 37.3 Å². The first-order chi connectivity index (χ1) is 9.27. The van der Waals surface area contributed by atoms with E-state index in [2.05, 4.69) is 10.2 Å². The predicted molar refractivity (Wildman–Crippen MR) is 79.2 cm³/mol. The lowest BCUT2D eigenvalue weighted by atomic mass is 10.0. The highest BCUT2D eigenvalue weighted by Crippen LogP contribution is 2.15.